The molecule has 0 amide bonds. The van der Waals surface area contributed by atoms with Crippen LogP contribution in [0.1, 0.15) is 0 Å². The molecule has 144 valence electrons. The molecule has 2 heterocycles. The average Bonchev–Trinajstić information content (AvgIpc) is 2.69. The molecular formula is C17H16Br2O6P2. The zero-order valence-corrected chi connectivity index (χ0v) is 19.0. The van der Waals surface area contributed by atoms with E-state index in [9.17, 15) is 0 Å². The van der Waals surface area contributed by atoms with Crippen LogP contribution in [0.5, 0.6) is 11.5 Å². The molecule has 0 bridgehead atoms. The van der Waals surface area contributed by atoms with Gasteiger partial charge < -0.3 is 27.1 Å². The van der Waals surface area contributed by atoms with E-state index in [2.05, 4.69) is 31.9 Å². The highest BCUT2D eigenvalue weighted by Gasteiger charge is 2.44. The predicted molar refractivity (Wildman–Crippen MR) is 110 cm³/mol. The van der Waals surface area contributed by atoms with E-state index in [4.69, 9.17) is 27.1 Å². The Balaban J connectivity index is 1.24. The van der Waals surface area contributed by atoms with E-state index in [-0.39, 0.29) is 5.41 Å². The van der Waals surface area contributed by atoms with Crippen LogP contribution in [0.15, 0.2) is 57.5 Å². The molecule has 6 nitrogen and oxygen atoms in total. The molecule has 2 aliphatic rings. The van der Waals surface area contributed by atoms with E-state index in [0.717, 1.165) is 8.95 Å². The maximum Gasteiger partial charge on any atom is 0.397 e. The Bertz CT molecular complexity index is 676. The van der Waals surface area contributed by atoms with Crippen molar-refractivity contribution in [1.82, 2.24) is 0 Å². The van der Waals surface area contributed by atoms with E-state index in [0.29, 0.717) is 37.9 Å². The Morgan fingerprint density at radius 3 is 1.30 bits per heavy atom. The fourth-order valence-corrected chi connectivity index (χ4v) is 5.34. The first-order valence-corrected chi connectivity index (χ1v) is 11.9. The molecule has 10 heteroatoms. The van der Waals surface area contributed by atoms with Crippen LogP contribution >= 0.6 is 49.1 Å². The maximum atomic E-state index is 5.78. The highest BCUT2D eigenvalue weighted by Crippen LogP contribution is 2.53. The topological polar surface area (TPSA) is 55.4 Å². The summed E-state index contributed by atoms with van der Waals surface area (Å²) < 4.78 is 36.6. The van der Waals surface area contributed by atoms with E-state index in [1.807, 2.05) is 48.5 Å². The van der Waals surface area contributed by atoms with Crippen molar-refractivity contribution in [3.8, 4) is 11.5 Å². The molecule has 0 aromatic heterocycles. The lowest BCUT2D eigenvalue weighted by atomic mass is 9.93. The molecule has 0 aliphatic carbocycles. The summed E-state index contributed by atoms with van der Waals surface area (Å²) in [5.74, 6) is 1.42. The van der Waals surface area contributed by atoms with Crippen LogP contribution in [-0.4, -0.2) is 26.4 Å². The number of halogens is 2. The molecule has 0 atom stereocenters. The van der Waals surface area contributed by atoms with Crippen LogP contribution in [-0.2, 0) is 18.1 Å². The van der Waals surface area contributed by atoms with Crippen LogP contribution in [0.3, 0.4) is 0 Å². The second-order valence-corrected chi connectivity index (χ2v) is 10.3. The summed E-state index contributed by atoms with van der Waals surface area (Å²) >= 11 is 6.79. The molecule has 0 saturated carbocycles. The van der Waals surface area contributed by atoms with Crippen molar-refractivity contribution in [2.24, 2.45) is 5.41 Å². The van der Waals surface area contributed by atoms with Gasteiger partial charge in [-0.05, 0) is 48.5 Å². The van der Waals surface area contributed by atoms with Crippen molar-refractivity contribution in [3.05, 3.63) is 57.5 Å². The smallest absolute Gasteiger partial charge is 0.397 e. The number of benzene rings is 2. The quantitative estimate of drug-likeness (QED) is 0.433. The van der Waals surface area contributed by atoms with Gasteiger partial charge in [0.15, 0.2) is 0 Å². The molecule has 2 aromatic carbocycles. The minimum Gasteiger partial charge on any atom is -0.427 e. The summed E-state index contributed by atoms with van der Waals surface area (Å²) in [5, 5.41) is 0. The zero-order chi connectivity index (χ0) is 18.7. The second-order valence-electron chi connectivity index (χ2n) is 6.13. The molecule has 2 aromatic rings. The standard InChI is InChI=1S/C17H16Br2O6P2/c18-13-1-5-15(6-2-13)24-26-20-9-17(10-21-26)11-22-27(23-12-17)25-16-7-3-14(19)4-8-16/h1-8H,9-12H2. The summed E-state index contributed by atoms with van der Waals surface area (Å²) in [6.07, 6.45) is 0. The molecule has 2 fully saturated rings. The van der Waals surface area contributed by atoms with Gasteiger partial charge in [0.1, 0.15) is 11.5 Å². The van der Waals surface area contributed by atoms with Gasteiger partial charge >= 0.3 is 17.2 Å². The van der Waals surface area contributed by atoms with Crippen molar-refractivity contribution < 1.29 is 27.1 Å². The number of hydrogen-bond acceptors (Lipinski definition) is 6. The largest absolute Gasteiger partial charge is 0.427 e. The third-order valence-electron chi connectivity index (χ3n) is 3.89. The lowest BCUT2D eigenvalue weighted by molar-refractivity contribution is -0.0672. The summed E-state index contributed by atoms with van der Waals surface area (Å²) in [4.78, 5) is 0. The van der Waals surface area contributed by atoms with E-state index in [1.165, 1.54) is 0 Å². The van der Waals surface area contributed by atoms with Gasteiger partial charge in [0, 0.05) is 8.95 Å². The van der Waals surface area contributed by atoms with Crippen molar-refractivity contribution in [2.45, 2.75) is 0 Å². The third-order valence-corrected chi connectivity index (χ3v) is 7.03. The van der Waals surface area contributed by atoms with Gasteiger partial charge in [-0.15, -0.1) is 0 Å². The van der Waals surface area contributed by atoms with E-state index >= 15 is 0 Å². The molecule has 0 unspecified atom stereocenters. The minimum atomic E-state index is -1.42. The monoisotopic (exact) mass is 536 g/mol. The molecular weight excluding hydrogens is 522 g/mol. The molecule has 27 heavy (non-hydrogen) atoms. The van der Waals surface area contributed by atoms with Gasteiger partial charge in [0.25, 0.3) is 0 Å². The number of rotatable bonds is 4. The zero-order valence-electron chi connectivity index (χ0n) is 14.0. The lowest BCUT2D eigenvalue weighted by Gasteiger charge is -2.41. The lowest BCUT2D eigenvalue weighted by Crippen LogP contribution is -2.45. The molecule has 1 spiro atoms. The van der Waals surface area contributed by atoms with E-state index < -0.39 is 17.2 Å². The predicted octanol–water partition coefficient (Wildman–Crippen LogP) is 6.20. The van der Waals surface area contributed by atoms with Gasteiger partial charge in [0.05, 0.1) is 31.8 Å². The molecule has 2 saturated heterocycles. The molecule has 0 radical (unpaired) electrons. The summed E-state index contributed by atoms with van der Waals surface area (Å²) in [7, 11) is -2.84. The van der Waals surface area contributed by atoms with Crippen LogP contribution in [0, 0.1) is 5.41 Å². The van der Waals surface area contributed by atoms with Gasteiger partial charge in [-0.3, -0.25) is 0 Å². The van der Waals surface area contributed by atoms with Crippen LogP contribution in [0.2, 0.25) is 0 Å². The first-order chi connectivity index (χ1) is 13.1. The SMILES string of the molecule is Brc1ccc(OP2OCC3(CO2)COP(Oc2ccc(Br)cc2)OC3)cc1. The van der Waals surface area contributed by atoms with Crippen molar-refractivity contribution in [1.29, 1.82) is 0 Å². The van der Waals surface area contributed by atoms with Crippen LogP contribution in [0.25, 0.3) is 0 Å². The Morgan fingerprint density at radius 1 is 0.630 bits per heavy atom. The van der Waals surface area contributed by atoms with Gasteiger partial charge in [-0.2, -0.15) is 0 Å². The first-order valence-electron chi connectivity index (χ1n) is 8.09. The Hall–Kier alpha value is -0.300. The normalized spacial score (nSPS) is 28.1. The van der Waals surface area contributed by atoms with E-state index in [1.54, 1.807) is 0 Å². The number of hydrogen-bond donors (Lipinski definition) is 0. The second kappa shape index (κ2) is 9.02. The van der Waals surface area contributed by atoms with Gasteiger partial charge in [-0.1, -0.05) is 31.9 Å². The molecule has 4 rings (SSSR count). The average molecular weight is 538 g/mol. The first kappa shape index (κ1) is 20.0. The van der Waals surface area contributed by atoms with Crippen molar-refractivity contribution in [2.75, 3.05) is 26.4 Å². The summed E-state index contributed by atoms with van der Waals surface area (Å²) in [5.41, 5.74) is -0.330. The fourth-order valence-electron chi connectivity index (χ4n) is 2.35. The minimum absolute atomic E-state index is 0.330. The Morgan fingerprint density at radius 2 is 0.963 bits per heavy atom. The summed E-state index contributed by atoms with van der Waals surface area (Å²) in [6, 6.07) is 15.1. The highest BCUT2D eigenvalue weighted by atomic mass is 79.9. The Kier molecular flexibility index (Phi) is 6.68. The maximum absolute atomic E-state index is 5.78. The molecule has 2 aliphatic heterocycles. The molecule has 0 N–H and O–H groups in total. The summed E-state index contributed by atoms with van der Waals surface area (Å²) in [6.45, 7) is 1.82. The fraction of sp³-hybridized carbons (Fsp3) is 0.294. The van der Waals surface area contributed by atoms with Crippen LogP contribution in [0.4, 0.5) is 0 Å². The highest BCUT2D eigenvalue weighted by molar-refractivity contribution is 9.10. The van der Waals surface area contributed by atoms with Crippen molar-refractivity contribution in [3.63, 3.8) is 0 Å². The third kappa shape index (κ3) is 5.40. The van der Waals surface area contributed by atoms with Crippen LogP contribution < -0.4 is 9.05 Å². The van der Waals surface area contributed by atoms with Gasteiger partial charge in [0.2, 0.25) is 0 Å². The Labute approximate surface area is 176 Å². The van der Waals surface area contributed by atoms with Gasteiger partial charge in [-0.25, -0.2) is 0 Å². The van der Waals surface area contributed by atoms with Crippen molar-refractivity contribution >= 4 is 49.1 Å².